The van der Waals surface area contributed by atoms with Gasteiger partial charge in [0.15, 0.2) is 0 Å². The zero-order valence-electron chi connectivity index (χ0n) is 8.07. The van der Waals surface area contributed by atoms with E-state index in [0.717, 1.165) is 0 Å². The van der Waals surface area contributed by atoms with Gasteiger partial charge in [0.05, 0.1) is 6.10 Å². The first kappa shape index (κ1) is 10.9. The van der Waals surface area contributed by atoms with E-state index >= 15 is 0 Å². The molecule has 1 aromatic rings. The smallest absolute Gasteiger partial charge is 0.129 e. The van der Waals surface area contributed by atoms with Crippen molar-refractivity contribution >= 4 is 5.69 Å². The molecule has 0 bridgehead atoms. The molecule has 3 nitrogen and oxygen atoms in total. The molecular weight excluding hydrogens is 183 g/mol. The maximum absolute atomic E-state index is 13.2. The molecule has 0 fully saturated rings. The lowest BCUT2D eigenvalue weighted by Crippen LogP contribution is -2.28. The van der Waals surface area contributed by atoms with E-state index in [2.05, 4.69) is 0 Å². The van der Waals surface area contributed by atoms with Crippen molar-refractivity contribution in [2.24, 2.45) is 5.73 Å². The minimum absolute atomic E-state index is 0.166. The first-order chi connectivity index (χ1) is 6.56. The normalized spacial score (nSPS) is 15.1. The van der Waals surface area contributed by atoms with Crippen molar-refractivity contribution in [2.45, 2.75) is 25.5 Å². The Hall–Kier alpha value is -1.13. The lowest BCUT2D eigenvalue weighted by molar-refractivity contribution is 0.140. The van der Waals surface area contributed by atoms with Crippen LogP contribution in [0.25, 0.3) is 0 Å². The van der Waals surface area contributed by atoms with Gasteiger partial charge in [-0.3, -0.25) is 0 Å². The summed E-state index contributed by atoms with van der Waals surface area (Å²) in [5, 5.41) is 9.67. The standard InChI is InChI=1S/C10H15FN2O/c1-2-9(13)10(14)7-5-6(12)3-4-8(7)11/h3-5,9-10,14H,2,12-13H2,1H3/t9-,10+/m0/s1. The van der Waals surface area contributed by atoms with Crippen LogP contribution in [0.2, 0.25) is 0 Å². The maximum atomic E-state index is 13.2. The molecule has 1 rings (SSSR count). The molecule has 0 saturated carbocycles. The van der Waals surface area contributed by atoms with Crippen molar-refractivity contribution in [1.29, 1.82) is 0 Å². The van der Waals surface area contributed by atoms with Crippen molar-refractivity contribution in [3.63, 3.8) is 0 Å². The van der Waals surface area contributed by atoms with E-state index in [1.54, 1.807) is 0 Å². The Morgan fingerprint density at radius 3 is 2.71 bits per heavy atom. The molecule has 78 valence electrons. The molecule has 14 heavy (non-hydrogen) atoms. The second-order valence-corrected chi connectivity index (χ2v) is 3.30. The Kier molecular flexibility index (Phi) is 3.43. The van der Waals surface area contributed by atoms with Gasteiger partial charge in [0, 0.05) is 17.3 Å². The van der Waals surface area contributed by atoms with Gasteiger partial charge in [0.1, 0.15) is 5.82 Å². The van der Waals surface area contributed by atoms with Gasteiger partial charge < -0.3 is 16.6 Å². The quantitative estimate of drug-likeness (QED) is 0.638. The number of rotatable bonds is 3. The van der Waals surface area contributed by atoms with E-state index in [9.17, 15) is 9.50 Å². The molecular formula is C10H15FN2O. The minimum atomic E-state index is -0.997. The molecule has 1 aromatic carbocycles. The van der Waals surface area contributed by atoms with Crippen LogP contribution in [-0.2, 0) is 0 Å². The largest absolute Gasteiger partial charge is 0.399 e. The molecule has 2 atom stereocenters. The van der Waals surface area contributed by atoms with Gasteiger partial charge >= 0.3 is 0 Å². The fourth-order valence-corrected chi connectivity index (χ4v) is 1.24. The third-order valence-electron chi connectivity index (χ3n) is 2.22. The van der Waals surface area contributed by atoms with Gasteiger partial charge in [-0.15, -0.1) is 0 Å². The van der Waals surface area contributed by atoms with E-state index < -0.39 is 18.0 Å². The predicted octanol–water partition coefficient (Wildman–Crippen LogP) is 1.18. The average Bonchev–Trinajstić information content (AvgIpc) is 2.19. The van der Waals surface area contributed by atoms with E-state index in [4.69, 9.17) is 11.5 Å². The summed E-state index contributed by atoms with van der Waals surface area (Å²) in [7, 11) is 0. The summed E-state index contributed by atoms with van der Waals surface area (Å²) in [6.07, 6.45) is -0.418. The van der Waals surface area contributed by atoms with Gasteiger partial charge in [-0.1, -0.05) is 6.92 Å². The summed E-state index contributed by atoms with van der Waals surface area (Å²) in [5.74, 6) is -0.476. The number of anilines is 1. The molecule has 0 radical (unpaired) electrons. The van der Waals surface area contributed by atoms with Crippen molar-refractivity contribution in [1.82, 2.24) is 0 Å². The molecule has 0 aliphatic heterocycles. The Bertz CT molecular complexity index is 317. The lowest BCUT2D eigenvalue weighted by atomic mass is 10.0. The Balaban J connectivity index is 2.99. The van der Waals surface area contributed by atoms with E-state index in [1.807, 2.05) is 6.92 Å². The van der Waals surface area contributed by atoms with Crippen molar-refractivity contribution < 1.29 is 9.50 Å². The van der Waals surface area contributed by atoms with E-state index in [-0.39, 0.29) is 5.56 Å². The Morgan fingerprint density at radius 2 is 2.14 bits per heavy atom. The topological polar surface area (TPSA) is 72.3 Å². The monoisotopic (exact) mass is 198 g/mol. The van der Waals surface area contributed by atoms with Crippen LogP contribution in [-0.4, -0.2) is 11.1 Å². The first-order valence-corrected chi connectivity index (χ1v) is 4.54. The van der Waals surface area contributed by atoms with Crippen molar-refractivity contribution in [3.05, 3.63) is 29.6 Å². The molecule has 0 aliphatic carbocycles. The zero-order valence-corrected chi connectivity index (χ0v) is 8.07. The molecule has 5 N–H and O–H groups in total. The minimum Gasteiger partial charge on any atom is -0.399 e. The molecule has 0 heterocycles. The highest BCUT2D eigenvalue weighted by Gasteiger charge is 2.18. The first-order valence-electron chi connectivity index (χ1n) is 4.54. The number of benzene rings is 1. The average molecular weight is 198 g/mol. The van der Waals surface area contributed by atoms with Gasteiger partial charge in [0.25, 0.3) is 0 Å². The van der Waals surface area contributed by atoms with E-state index in [0.29, 0.717) is 12.1 Å². The van der Waals surface area contributed by atoms with Crippen LogP contribution in [0, 0.1) is 5.82 Å². The Morgan fingerprint density at radius 1 is 1.50 bits per heavy atom. The fraction of sp³-hybridized carbons (Fsp3) is 0.400. The highest BCUT2D eigenvalue weighted by atomic mass is 19.1. The van der Waals surface area contributed by atoms with Crippen molar-refractivity contribution in [3.8, 4) is 0 Å². The van der Waals surface area contributed by atoms with Gasteiger partial charge in [0.2, 0.25) is 0 Å². The van der Waals surface area contributed by atoms with E-state index in [1.165, 1.54) is 18.2 Å². The highest BCUT2D eigenvalue weighted by molar-refractivity contribution is 5.42. The molecule has 0 aliphatic rings. The van der Waals surface area contributed by atoms with Gasteiger partial charge in [-0.25, -0.2) is 4.39 Å². The summed E-state index contributed by atoms with van der Waals surface area (Å²) in [5.41, 5.74) is 11.7. The summed E-state index contributed by atoms with van der Waals surface area (Å²) in [6, 6.07) is 3.63. The SMILES string of the molecule is CC[C@H](N)[C@H](O)c1cc(N)ccc1F. The van der Waals surface area contributed by atoms with Gasteiger partial charge in [-0.2, -0.15) is 0 Å². The third-order valence-corrected chi connectivity index (χ3v) is 2.22. The molecule has 0 unspecified atom stereocenters. The number of nitrogen functional groups attached to an aromatic ring is 1. The summed E-state index contributed by atoms with van der Waals surface area (Å²) >= 11 is 0. The molecule has 0 spiro atoms. The van der Waals surface area contributed by atoms with Crippen LogP contribution in [0.5, 0.6) is 0 Å². The molecule has 0 aromatic heterocycles. The van der Waals surface area contributed by atoms with Crippen LogP contribution >= 0.6 is 0 Å². The van der Waals surface area contributed by atoms with Gasteiger partial charge in [-0.05, 0) is 24.6 Å². The number of aliphatic hydroxyl groups is 1. The second kappa shape index (κ2) is 4.39. The van der Waals surface area contributed by atoms with Crippen LogP contribution < -0.4 is 11.5 Å². The molecule has 4 heteroatoms. The number of hydrogen-bond donors (Lipinski definition) is 3. The summed E-state index contributed by atoms with van der Waals surface area (Å²) < 4.78 is 13.2. The Labute approximate surface area is 82.5 Å². The second-order valence-electron chi connectivity index (χ2n) is 3.30. The van der Waals surface area contributed by atoms with Crippen molar-refractivity contribution in [2.75, 3.05) is 5.73 Å². The van der Waals surface area contributed by atoms with Crippen LogP contribution in [0.3, 0.4) is 0 Å². The van der Waals surface area contributed by atoms with Crippen LogP contribution in [0.1, 0.15) is 25.0 Å². The predicted molar refractivity (Wildman–Crippen MR) is 54.0 cm³/mol. The fourth-order valence-electron chi connectivity index (χ4n) is 1.24. The summed E-state index contributed by atoms with van der Waals surface area (Å²) in [4.78, 5) is 0. The molecule has 0 saturated heterocycles. The third kappa shape index (κ3) is 2.21. The number of aliphatic hydroxyl groups excluding tert-OH is 1. The number of halogens is 1. The number of nitrogens with two attached hydrogens (primary N) is 2. The van der Waals surface area contributed by atoms with Crippen LogP contribution in [0.15, 0.2) is 18.2 Å². The van der Waals surface area contributed by atoms with Crippen LogP contribution in [0.4, 0.5) is 10.1 Å². The highest BCUT2D eigenvalue weighted by Crippen LogP contribution is 2.22. The summed E-state index contributed by atoms with van der Waals surface area (Å²) in [6.45, 7) is 1.83. The lowest BCUT2D eigenvalue weighted by Gasteiger charge is -2.18. The zero-order chi connectivity index (χ0) is 10.7. The maximum Gasteiger partial charge on any atom is 0.129 e. The number of hydrogen-bond acceptors (Lipinski definition) is 3. The molecule has 0 amide bonds.